The zero-order valence-corrected chi connectivity index (χ0v) is 17.3. The Morgan fingerprint density at radius 1 is 1.07 bits per heavy atom. The Bertz CT molecular complexity index is 1170. The third kappa shape index (κ3) is 3.90. The molecule has 0 unspecified atom stereocenters. The molecule has 1 N–H and O–H groups in total. The number of amides is 1. The van der Waals surface area contributed by atoms with E-state index in [1.165, 1.54) is 34.3 Å². The van der Waals surface area contributed by atoms with Crippen molar-refractivity contribution in [2.45, 2.75) is 30.8 Å². The lowest BCUT2D eigenvalue weighted by Gasteiger charge is -2.08. The number of nitrogens with one attached hydrogen (secondary N) is 1. The molecular formula is C21H18N4OS2. The summed E-state index contributed by atoms with van der Waals surface area (Å²) in [6.45, 7) is 5.68. The van der Waals surface area contributed by atoms with Crippen LogP contribution >= 0.6 is 23.1 Å². The number of benzene rings is 2. The summed E-state index contributed by atoms with van der Waals surface area (Å²) in [7, 11) is 0. The molecule has 0 spiro atoms. The maximum absolute atomic E-state index is 11.3. The number of aryl methyl sites for hydroxylation is 2. The minimum absolute atomic E-state index is 0.122. The number of anilines is 1. The number of carbonyl (C=O) groups excluding carboxylic acids is 1. The van der Waals surface area contributed by atoms with Crippen molar-refractivity contribution < 1.29 is 4.79 Å². The van der Waals surface area contributed by atoms with Gasteiger partial charge >= 0.3 is 0 Å². The van der Waals surface area contributed by atoms with Crippen molar-refractivity contribution in [3.05, 3.63) is 59.8 Å². The standard InChI is InChI=1S/C21H18N4OS2/c1-12-5-4-6-13(2)19(12)28-20-22-10-9-16(24-20)15-7-8-17-18(11-15)27-21(25-17)23-14(3)26/h4-11H,1-3H3,(H,23,25,26). The molecule has 1 amide bonds. The van der Waals surface area contributed by atoms with Crippen molar-refractivity contribution in [3.63, 3.8) is 0 Å². The van der Waals surface area contributed by atoms with Gasteiger partial charge in [-0.05, 0) is 54.9 Å². The topological polar surface area (TPSA) is 67.8 Å². The number of fused-ring (bicyclic) bond motifs is 1. The zero-order chi connectivity index (χ0) is 19.7. The Morgan fingerprint density at radius 3 is 2.61 bits per heavy atom. The highest BCUT2D eigenvalue weighted by Gasteiger charge is 2.10. The van der Waals surface area contributed by atoms with E-state index in [2.05, 4.69) is 47.3 Å². The minimum atomic E-state index is -0.122. The molecule has 28 heavy (non-hydrogen) atoms. The van der Waals surface area contributed by atoms with Crippen molar-refractivity contribution in [3.8, 4) is 11.3 Å². The van der Waals surface area contributed by atoms with Gasteiger partial charge in [-0.15, -0.1) is 0 Å². The first kappa shape index (κ1) is 18.6. The number of rotatable bonds is 4. The molecule has 7 heteroatoms. The average molecular weight is 407 g/mol. The quantitative estimate of drug-likeness (QED) is 0.455. The Balaban J connectivity index is 1.66. The van der Waals surface area contributed by atoms with Gasteiger partial charge < -0.3 is 5.32 Å². The lowest BCUT2D eigenvalue weighted by Crippen LogP contribution is -2.04. The van der Waals surface area contributed by atoms with Crippen LogP contribution in [0.25, 0.3) is 21.5 Å². The number of hydrogen-bond acceptors (Lipinski definition) is 6. The predicted molar refractivity (Wildman–Crippen MR) is 115 cm³/mol. The van der Waals surface area contributed by atoms with E-state index < -0.39 is 0 Å². The molecule has 0 fully saturated rings. The molecule has 2 aromatic heterocycles. The van der Waals surface area contributed by atoms with Gasteiger partial charge in [0.05, 0.1) is 15.9 Å². The Morgan fingerprint density at radius 2 is 1.86 bits per heavy atom. The Hall–Kier alpha value is -2.77. The smallest absolute Gasteiger partial charge is 0.223 e. The van der Waals surface area contributed by atoms with Crippen molar-refractivity contribution in [2.75, 3.05) is 5.32 Å². The summed E-state index contributed by atoms with van der Waals surface area (Å²) in [5.74, 6) is -0.122. The molecule has 4 aromatic rings. The van der Waals surface area contributed by atoms with E-state index in [0.29, 0.717) is 5.13 Å². The van der Waals surface area contributed by atoms with Gasteiger partial charge in [-0.3, -0.25) is 4.79 Å². The lowest BCUT2D eigenvalue weighted by molar-refractivity contribution is -0.114. The van der Waals surface area contributed by atoms with Crippen molar-refractivity contribution in [1.82, 2.24) is 15.0 Å². The molecular weight excluding hydrogens is 388 g/mol. The zero-order valence-electron chi connectivity index (χ0n) is 15.7. The van der Waals surface area contributed by atoms with Crippen LogP contribution in [0.15, 0.2) is 58.7 Å². The number of aromatic nitrogens is 3. The van der Waals surface area contributed by atoms with Gasteiger partial charge in [-0.25, -0.2) is 15.0 Å². The fourth-order valence-corrected chi connectivity index (χ4v) is 4.74. The summed E-state index contributed by atoms with van der Waals surface area (Å²) >= 11 is 3.04. The van der Waals surface area contributed by atoms with Gasteiger partial charge in [0, 0.05) is 23.6 Å². The van der Waals surface area contributed by atoms with Gasteiger partial charge in [-0.2, -0.15) is 0 Å². The molecule has 0 bridgehead atoms. The number of carbonyl (C=O) groups is 1. The summed E-state index contributed by atoms with van der Waals surface area (Å²) in [5.41, 5.74) is 5.15. The van der Waals surface area contributed by atoms with Gasteiger partial charge in [0.25, 0.3) is 0 Å². The second kappa shape index (κ2) is 7.69. The number of nitrogens with zero attached hydrogens (tertiary/aromatic N) is 3. The molecule has 0 radical (unpaired) electrons. The van der Waals surface area contributed by atoms with E-state index in [1.54, 1.807) is 18.0 Å². The lowest BCUT2D eigenvalue weighted by atomic mass is 10.1. The van der Waals surface area contributed by atoms with E-state index in [9.17, 15) is 4.79 Å². The fraction of sp³-hybridized carbons (Fsp3) is 0.143. The molecule has 0 saturated heterocycles. The van der Waals surface area contributed by atoms with Crippen LogP contribution in [0.5, 0.6) is 0 Å². The molecule has 0 atom stereocenters. The SMILES string of the molecule is CC(=O)Nc1nc2ccc(-c3ccnc(Sc4c(C)cccc4C)n3)cc2s1. The highest BCUT2D eigenvalue weighted by molar-refractivity contribution is 7.99. The van der Waals surface area contributed by atoms with Gasteiger partial charge in [-0.1, -0.05) is 35.6 Å². The predicted octanol–water partition coefficient (Wildman–Crippen LogP) is 5.48. The molecule has 5 nitrogen and oxygen atoms in total. The molecule has 4 rings (SSSR count). The Kier molecular flexibility index (Phi) is 5.11. The maximum atomic E-state index is 11.3. The highest BCUT2D eigenvalue weighted by atomic mass is 32.2. The van der Waals surface area contributed by atoms with Crippen molar-refractivity contribution in [2.24, 2.45) is 0 Å². The van der Waals surface area contributed by atoms with Gasteiger partial charge in [0.2, 0.25) is 5.91 Å². The van der Waals surface area contributed by atoms with E-state index in [0.717, 1.165) is 26.6 Å². The second-order valence-corrected chi connectivity index (χ2v) is 8.44. The summed E-state index contributed by atoms with van der Waals surface area (Å²) in [6.07, 6.45) is 1.79. The van der Waals surface area contributed by atoms with E-state index >= 15 is 0 Å². The Labute approximate surface area is 171 Å². The third-order valence-corrected chi connectivity index (χ3v) is 6.36. The fourth-order valence-electron chi connectivity index (χ4n) is 2.89. The highest BCUT2D eigenvalue weighted by Crippen LogP contribution is 2.33. The van der Waals surface area contributed by atoms with Crippen molar-refractivity contribution >= 4 is 44.4 Å². The van der Waals surface area contributed by atoms with Gasteiger partial charge in [0.15, 0.2) is 10.3 Å². The molecule has 0 aliphatic rings. The van der Waals surface area contributed by atoms with Crippen LogP contribution in [0.2, 0.25) is 0 Å². The van der Waals surface area contributed by atoms with Crippen molar-refractivity contribution in [1.29, 1.82) is 0 Å². The number of thiazole rings is 1. The third-order valence-electron chi connectivity index (χ3n) is 4.20. The molecule has 0 saturated carbocycles. The first-order chi connectivity index (χ1) is 13.5. The summed E-state index contributed by atoms with van der Waals surface area (Å²) in [6, 6.07) is 14.2. The average Bonchev–Trinajstić information content (AvgIpc) is 3.05. The van der Waals surface area contributed by atoms with Gasteiger partial charge in [0.1, 0.15) is 0 Å². The number of hydrogen-bond donors (Lipinski definition) is 1. The van der Waals surface area contributed by atoms with Crippen LogP contribution in [-0.4, -0.2) is 20.9 Å². The van der Waals surface area contributed by atoms with Crippen LogP contribution < -0.4 is 5.32 Å². The second-order valence-electron chi connectivity index (χ2n) is 6.43. The maximum Gasteiger partial charge on any atom is 0.223 e. The van der Waals surface area contributed by atoms with E-state index in [4.69, 9.17) is 4.98 Å². The first-order valence-electron chi connectivity index (χ1n) is 8.75. The molecule has 2 aromatic carbocycles. The van der Waals surface area contributed by atoms with Crippen LogP contribution in [0, 0.1) is 13.8 Å². The first-order valence-corrected chi connectivity index (χ1v) is 10.4. The van der Waals surface area contributed by atoms with Crippen LogP contribution in [0.4, 0.5) is 5.13 Å². The summed E-state index contributed by atoms with van der Waals surface area (Å²) in [4.78, 5) is 26.1. The monoisotopic (exact) mass is 406 g/mol. The summed E-state index contributed by atoms with van der Waals surface area (Å²) in [5, 5.41) is 4.07. The van der Waals surface area contributed by atoms with E-state index in [-0.39, 0.29) is 5.91 Å². The molecule has 2 heterocycles. The minimum Gasteiger partial charge on any atom is -0.302 e. The largest absolute Gasteiger partial charge is 0.302 e. The van der Waals surface area contributed by atoms with E-state index in [1.807, 2.05) is 24.3 Å². The molecule has 0 aliphatic carbocycles. The molecule has 0 aliphatic heterocycles. The van der Waals surface area contributed by atoms with Crippen LogP contribution in [0.1, 0.15) is 18.1 Å². The normalized spacial score (nSPS) is 11.0. The summed E-state index contributed by atoms with van der Waals surface area (Å²) < 4.78 is 1.00. The molecule has 140 valence electrons. The van der Waals surface area contributed by atoms with Crippen LogP contribution in [0.3, 0.4) is 0 Å². The van der Waals surface area contributed by atoms with Crippen LogP contribution in [-0.2, 0) is 4.79 Å².